The van der Waals surface area contributed by atoms with Crippen LogP contribution in [0.2, 0.25) is 5.02 Å². The summed E-state index contributed by atoms with van der Waals surface area (Å²) in [6.45, 7) is 2.17. The predicted octanol–water partition coefficient (Wildman–Crippen LogP) is 3.90. The highest BCUT2D eigenvalue weighted by atomic mass is 35.5. The second-order valence-corrected chi connectivity index (χ2v) is 7.60. The van der Waals surface area contributed by atoms with Gasteiger partial charge < -0.3 is 19.7 Å². The number of carbonyl (C=O) groups is 2. The average molecular weight is 414 g/mol. The number of imidazole rings is 1. The van der Waals surface area contributed by atoms with Crippen LogP contribution < -0.4 is 5.32 Å². The average Bonchev–Trinajstić information content (AvgIpc) is 2.99. The fraction of sp³-hybridized carbons (Fsp3) is 0.286. The summed E-state index contributed by atoms with van der Waals surface area (Å²) in [5, 5.41) is 3.48. The van der Waals surface area contributed by atoms with Crippen molar-refractivity contribution >= 4 is 40.3 Å². The minimum absolute atomic E-state index is 0.0764. The summed E-state index contributed by atoms with van der Waals surface area (Å²) in [7, 11) is 7.03. The van der Waals surface area contributed by atoms with Crippen molar-refractivity contribution in [1.82, 2.24) is 19.4 Å². The number of aryl methyl sites for hydroxylation is 1. The molecule has 0 spiro atoms. The highest BCUT2D eigenvalue weighted by molar-refractivity contribution is 6.31. The van der Waals surface area contributed by atoms with Crippen molar-refractivity contribution in [3.8, 4) is 0 Å². The second kappa shape index (κ2) is 8.13. The largest absolute Gasteiger partial charge is 0.345 e. The molecule has 1 heterocycles. The first kappa shape index (κ1) is 20.7. The monoisotopic (exact) mass is 413 g/mol. The molecule has 2 aromatic carbocycles. The lowest BCUT2D eigenvalue weighted by molar-refractivity contribution is 0.0827. The van der Waals surface area contributed by atoms with Gasteiger partial charge in [-0.05, 0) is 42.8 Å². The van der Waals surface area contributed by atoms with Crippen LogP contribution in [0.4, 0.5) is 10.5 Å². The molecule has 8 heteroatoms. The molecule has 0 radical (unpaired) electrons. The molecule has 0 saturated heterocycles. The normalized spacial score (nSPS) is 10.8. The molecule has 0 saturated carbocycles. The van der Waals surface area contributed by atoms with Crippen LogP contribution in [0.3, 0.4) is 0 Å². The number of rotatable bonds is 4. The molecular formula is C21H24ClN5O2. The Bertz CT molecular complexity index is 1090. The first-order chi connectivity index (χ1) is 13.7. The summed E-state index contributed by atoms with van der Waals surface area (Å²) < 4.78 is 1.92. The van der Waals surface area contributed by atoms with Crippen molar-refractivity contribution in [2.75, 3.05) is 26.5 Å². The van der Waals surface area contributed by atoms with Gasteiger partial charge in [-0.25, -0.2) is 9.78 Å². The minimum Gasteiger partial charge on any atom is -0.345 e. The van der Waals surface area contributed by atoms with Crippen molar-refractivity contribution in [1.29, 1.82) is 0 Å². The smallest absolute Gasteiger partial charge is 0.321 e. The zero-order chi connectivity index (χ0) is 21.3. The minimum atomic E-state index is -0.258. The van der Waals surface area contributed by atoms with E-state index in [1.807, 2.05) is 30.7 Å². The number of hydrogen-bond donors (Lipinski definition) is 1. The van der Waals surface area contributed by atoms with E-state index in [-0.39, 0.29) is 11.9 Å². The highest BCUT2D eigenvalue weighted by Gasteiger charge is 2.17. The van der Waals surface area contributed by atoms with E-state index in [1.54, 1.807) is 50.3 Å². The number of urea groups is 1. The molecule has 1 N–H and O–H groups in total. The molecule has 3 rings (SSSR count). The lowest BCUT2D eigenvalue weighted by Crippen LogP contribution is -2.32. The molecule has 7 nitrogen and oxygen atoms in total. The molecular weight excluding hydrogens is 390 g/mol. The van der Waals surface area contributed by atoms with Gasteiger partial charge in [0, 0.05) is 44.5 Å². The van der Waals surface area contributed by atoms with E-state index in [9.17, 15) is 9.59 Å². The van der Waals surface area contributed by atoms with E-state index in [2.05, 4.69) is 10.3 Å². The van der Waals surface area contributed by atoms with Crippen LogP contribution in [-0.2, 0) is 13.6 Å². The molecule has 0 aliphatic rings. The molecule has 0 unspecified atom stereocenters. The molecule has 3 aromatic rings. The summed E-state index contributed by atoms with van der Waals surface area (Å²) in [6, 6.07) is 10.6. The van der Waals surface area contributed by atoms with Gasteiger partial charge in [-0.15, -0.1) is 0 Å². The maximum Gasteiger partial charge on any atom is 0.321 e. The van der Waals surface area contributed by atoms with Crippen molar-refractivity contribution in [2.45, 2.75) is 13.5 Å². The van der Waals surface area contributed by atoms with Gasteiger partial charge in [0.15, 0.2) is 0 Å². The van der Waals surface area contributed by atoms with E-state index in [1.165, 1.54) is 4.90 Å². The summed E-state index contributed by atoms with van der Waals surface area (Å²) >= 11 is 6.12. The topological polar surface area (TPSA) is 70.5 Å². The maximum absolute atomic E-state index is 12.6. The van der Waals surface area contributed by atoms with Crippen LogP contribution in [0.25, 0.3) is 11.0 Å². The van der Waals surface area contributed by atoms with Crippen LogP contribution in [-0.4, -0.2) is 52.4 Å². The number of halogens is 1. The number of hydrogen-bond acceptors (Lipinski definition) is 3. The van der Waals surface area contributed by atoms with E-state index in [0.29, 0.717) is 22.8 Å². The van der Waals surface area contributed by atoms with Gasteiger partial charge in [-0.2, -0.15) is 0 Å². The zero-order valence-corrected chi connectivity index (χ0v) is 17.9. The standard InChI is InChI=1S/C21H24ClN5O2/c1-13-15(22)7-6-8-16(13)24-21(29)26(4)12-19-23-17-11-14(20(28)25(2)3)9-10-18(17)27(19)5/h6-11H,12H2,1-5H3,(H,24,29). The van der Waals surface area contributed by atoms with Gasteiger partial charge in [0.05, 0.1) is 17.6 Å². The van der Waals surface area contributed by atoms with Crippen molar-refractivity contribution < 1.29 is 9.59 Å². The van der Waals surface area contributed by atoms with Gasteiger partial charge >= 0.3 is 6.03 Å². The fourth-order valence-corrected chi connectivity index (χ4v) is 3.19. The van der Waals surface area contributed by atoms with Crippen LogP contribution >= 0.6 is 11.6 Å². The number of carbonyl (C=O) groups excluding carboxylic acids is 2. The first-order valence-corrected chi connectivity index (χ1v) is 9.51. The highest BCUT2D eigenvalue weighted by Crippen LogP contribution is 2.23. The molecule has 0 atom stereocenters. The molecule has 1 aromatic heterocycles. The molecule has 0 bridgehead atoms. The molecule has 152 valence electrons. The number of benzene rings is 2. The van der Waals surface area contributed by atoms with E-state index < -0.39 is 0 Å². The third-order valence-electron chi connectivity index (χ3n) is 4.86. The number of nitrogens with one attached hydrogen (secondary N) is 1. The van der Waals surface area contributed by atoms with Crippen LogP contribution in [0.1, 0.15) is 21.7 Å². The zero-order valence-electron chi connectivity index (χ0n) is 17.2. The Labute approximate surface area is 174 Å². The fourth-order valence-electron chi connectivity index (χ4n) is 3.02. The number of anilines is 1. The Morgan fingerprint density at radius 3 is 2.59 bits per heavy atom. The second-order valence-electron chi connectivity index (χ2n) is 7.19. The van der Waals surface area contributed by atoms with Crippen molar-refractivity contribution in [3.63, 3.8) is 0 Å². The van der Waals surface area contributed by atoms with E-state index in [4.69, 9.17) is 11.6 Å². The summed E-state index contributed by atoms with van der Waals surface area (Å²) in [5.74, 6) is 0.641. The molecule has 3 amide bonds. The van der Waals surface area contributed by atoms with Crippen LogP contribution in [0, 0.1) is 6.92 Å². The number of amides is 3. The predicted molar refractivity (Wildman–Crippen MR) is 115 cm³/mol. The Morgan fingerprint density at radius 2 is 1.90 bits per heavy atom. The van der Waals surface area contributed by atoms with Crippen LogP contribution in [0.5, 0.6) is 0 Å². The van der Waals surface area contributed by atoms with Gasteiger partial charge in [0.25, 0.3) is 5.91 Å². The molecule has 29 heavy (non-hydrogen) atoms. The van der Waals surface area contributed by atoms with Gasteiger partial charge in [-0.3, -0.25) is 4.79 Å². The Hall–Kier alpha value is -3.06. The van der Waals surface area contributed by atoms with E-state index >= 15 is 0 Å². The summed E-state index contributed by atoms with van der Waals surface area (Å²) in [4.78, 5) is 32.5. The summed E-state index contributed by atoms with van der Waals surface area (Å²) in [5.41, 5.74) is 3.68. The quantitative estimate of drug-likeness (QED) is 0.705. The maximum atomic E-state index is 12.6. The first-order valence-electron chi connectivity index (χ1n) is 9.13. The van der Waals surface area contributed by atoms with Crippen LogP contribution in [0.15, 0.2) is 36.4 Å². The Kier molecular flexibility index (Phi) is 5.79. The van der Waals surface area contributed by atoms with Gasteiger partial charge in [-0.1, -0.05) is 17.7 Å². The third-order valence-corrected chi connectivity index (χ3v) is 5.27. The van der Waals surface area contributed by atoms with E-state index in [0.717, 1.165) is 22.4 Å². The lowest BCUT2D eigenvalue weighted by Gasteiger charge is -2.19. The van der Waals surface area contributed by atoms with Gasteiger partial charge in [0.2, 0.25) is 0 Å². The Balaban J connectivity index is 1.79. The third kappa shape index (κ3) is 4.19. The summed E-state index contributed by atoms with van der Waals surface area (Å²) in [6.07, 6.45) is 0. The number of aromatic nitrogens is 2. The van der Waals surface area contributed by atoms with Crippen molar-refractivity contribution in [2.24, 2.45) is 7.05 Å². The Morgan fingerprint density at radius 1 is 1.17 bits per heavy atom. The molecule has 0 aliphatic carbocycles. The van der Waals surface area contributed by atoms with Crippen molar-refractivity contribution in [3.05, 3.63) is 58.4 Å². The van der Waals surface area contributed by atoms with Gasteiger partial charge in [0.1, 0.15) is 5.82 Å². The number of fused-ring (bicyclic) bond motifs is 1. The SMILES string of the molecule is Cc1c(Cl)cccc1NC(=O)N(C)Cc1nc2cc(C(=O)N(C)C)ccc2n1C. The lowest BCUT2D eigenvalue weighted by atomic mass is 10.2. The molecule has 0 fully saturated rings. The molecule has 0 aliphatic heterocycles. The number of nitrogens with zero attached hydrogens (tertiary/aromatic N) is 4.